The molecule has 1 heterocycles. The maximum Gasteiger partial charge on any atom is 0.191 e. The number of hydrogen-bond donors (Lipinski definition) is 2. The first-order chi connectivity index (χ1) is 9.76. The molecule has 0 saturated heterocycles. The second-order valence-corrected chi connectivity index (χ2v) is 5.34. The van der Waals surface area contributed by atoms with E-state index in [1.54, 1.807) is 0 Å². The number of guanidine groups is 1. The standard InChI is InChI=1S/C14H26N4OS.HI/c1-5-12-11(13(6-2)19-18-12)10-17-14(15-7-3)16-8-9-20-4;/h5-10H2,1-4H3,(H2,15,16,17);1H. The van der Waals surface area contributed by atoms with Crippen LogP contribution in [0.25, 0.3) is 0 Å². The summed E-state index contributed by atoms with van der Waals surface area (Å²) in [6.07, 6.45) is 3.84. The van der Waals surface area contributed by atoms with Crippen molar-refractivity contribution in [3.8, 4) is 0 Å². The Morgan fingerprint density at radius 1 is 1.24 bits per heavy atom. The summed E-state index contributed by atoms with van der Waals surface area (Å²) in [6, 6.07) is 0. The van der Waals surface area contributed by atoms with E-state index in [4.69, 9.17) is 4.52 Å². The van der Waals surface area contributed by atoms with Gasteiger partial charge in [-0.3, -0.25) is 0 Å². The summed E-state index contributed by atoms with van der Waals surface area (Å²) in [5.74, 6) is 2.87. The summed E-state index contributed by atoms with van der Waals surface area (Å²) in [5.41, 5.74) is 2.16. The van der Waals surface area contributed by atoms with Gasteiger partial charge in [-0.15, -0.1) is 24.0 Å². The van der Waals surface area contributed by atoms with Gasteiger partial charge in [0.25, 0.3) is 0 Å². The molecule has 0 aliphatic heterocycles. The molecule has 5 nitrogen and oxygen atoms in total. The van der Waals surface area contributed by atoms with E-state index in [-0.39, 0.29) is 24.0 Å². The highest BCUT2D eigenvalue weighted by Crippen LogP contribution is 2.16. The van der Waals surface area contributed by atoms with Crippen molar-refractivity contribution >= 4 is 41.7 Å². The molecule has 0 bridgehead atoms. The molecule has 0 amide bonds. The maximum absolute atomic E-state index is 5.36. The summed E-state index contributed by atoms with van der Waals surface area (Å²) in [6.45, 7) is 8.63. The molecule has 0 radical (unpaired) electrons. The minimum absolute atomic E-state index is 0. The van der Waals surface area contributed by atoms with Crippen molar-refractivity contribution in [1.29, 1.82) is 0 Å². The van der Waals surface area contributed by atoms with Gasteiger partial charge in [-0.2, -0.15) is 11.8 Å². The Morgan fingerprint density at radius 2 is 2.00 bits per heavy atom. The van der Waals surface area contributed by atoms with E-state index < -0.39 is 0 Å². The van der Waals surface area contributed by atoms with E-state index in [2.05, 4.69) is 47.8 Å². The second-order valence-electron chi connectivity index (χ2n) is 4.35. The van der Waals surface area contributed by atoms with Gasteiger partial charge in [0.05, 0.1) is 12.2 Å². The first-order valence-electron chi connectivity index (χ1n) is 7.24. The van der Waals surface area contributed by atoms with Crippen LogP contribution in [0.3, 0.4) is 0 Å². The van der Waals surface area contributed by atoms with E-state index in [0.29, 0.717) is 6.54 Å². The highest BCUT2D eigenvalue weighted by molar-refractivity contribution is 14.0. The molecule has 1 aromatic rings. The molecular formula is C14H27IN4OS. The number of aromatic nitrogens is 1. The molecule has 0 unspecified atom stereocenters. The van der Waals surface area contributed by atoms with Crippen LogP contribution in [-0.4, -0.2) is 36.2 Å². The number of nitrogens with zero attached hydrogens (tertiary/aromatic N) is 2. The molecule has 2 N–H and O–H groups in total. The van der Waals surface area contributed by atoms with Crippen LogP contribution in [-0.2, 0) is 19.4 Å². The lowest BCUT2D eigenvalue weighted by atomic mass is 10.1. The third-order valence-electron chi connectivity index (χ3n) is 2.95. The Bertz CT molecular complexity index is 402. The quantitative estimate of drug-likeness (QED) is 0.290. The Morgan fingerprint density at radius 3 is 2.57 bits per heavy atom. The Labute approximate surface area is 149 Å². The predicted molar refractivity (Wildman–Crippen MR) is 102 cm³/mol. The first kappa shape index (κ1) is 20.6. The molecule has 0 spiro atoms. The zero-order valence-corrected chi connectivity index (χ0v) is 16.5. The lowest BCUT2D eigenvalue weighted by molar-refractivity contribution is 0.380. The van der Waals surface area contributed by atoms with Gasteiger partial charge >= 0.3 is 0 Å². The number of hydrogen-bond acceptors (Lipinski definition) is 4. The largest absolute Gasteiger partial charge is 0.361 e. The molecule has 7 heteroatoms. The van der Waals surface area contributed by atoms with E-state index in [9.17, 15) is 0 Å². The van der Waals surface area contributed by atoms with Crippen LogP contribution in [0.5, 0.6) is 0 Å². The highest BCUT2D eigenvalue weighted by Gasteiger charge is 2.12. The van der Waals surface area contributed by atoms with Gasteiger partial charge in [-0.1, -0.05) is 19.0 Å². The van der Waals surface area contributed by atoms with Gasteiger partial charge in [0.1, 0.15) is 5.76 Å². The van der Waals surface area contributed by atoms with Crippen molar-refractivity contribution in [3.05, 3.63) is 17.0 Å². The zero-order chi connectivity index (χ0) is 14.8. The molecule has 1 rings (SSSR count). The molecule has 0 aromatic carbocycles. The maximum atomic E-state index is 5.36. The molecule has 0 fully saturated rings. The van der Waals surface area contributed by atoms with Crippen molar-refractivity contribution < 1.29 is 4.52 Å². The minimum Gasteiger partial charge on any atom is -0.361 e. The normalized spacial score (nSPS) is 11.1. The Balaban J connectivity index is 0.00000400. The van der Waals surface area contributed by atoms with E-state index >= 15 is 0 Å². The van der Waals surface area contributed by atoms with Gasteiger partial charge in [0.15, 0.2) is 5.96 Å². The predicted octanol–water partition coefficient (Wildman–Crippen LogP) is 2.84. The SMILES string of the molecule is CCNC(=NCc1c(CC)noc1CC)NCCSC.I. The molecule has 21 heavy (non-hydrogen) atoms. The van der Waals surface area contributed by atoms with Crippen LogP contribution in [0.4, 0.5) is 0 Å². The average Bonchev–Trinajstić information content (AvgIpc) is 2.87. The van der Waals surface area contributed by atoms with Crippen molar-refractivity contribution in [1.82, 2.24) is 15.8 Å². The molecule has 0 atom stereocenters. The first-order valence-corrected chi connectivity index (χ1v) is 8.63. The summed E-state index contributed by atoms with van der Waals surface area (Å²) in [4.78, 5) is 4.63. The van der Waals surface area contributed by atoms with Crippen LogP contribution in [0.2, 0.25) is 0 Å². The lowest BCUT2D eigenvalue weighted by Crippen LogP contribution is -2.38. The second kappa shape index (κ2) is 12.1. The number of aliphatic imine (C=N–C) groups is 1. The molecule has 122 valence electrons. The van der Waals surface area contributed by atoms with Crippen molar-refractivity contribution in [3.63, 3.8) is 0 Å². The average molecular weight is 426 g/mol. The fraction of sp³-hybridized carbons (Fsp3) is 0.714. The van der Waals surface area contributed by atoms with Crippen LogP contribution < -0.4 is 10.6 Å². The number of thioether (sulfide) groups is 1. The van der Waals surface area contributed by atoms with E-state index in [0.717, 1.165) is 54.7 Å². The third kappa shape index (κ3) is 6.90. The monoisotopic (exact) mass is 426 g/mol. The highest BCUT2D eigenvalue weighted by atomic mass is 127. The van der Waals surface area contributed by atoms with Crippen LogP contribution in [0.15, 0.2) is 9.52 Å². The van der Waals surface area contributed by atoms with Crippen molar-refractivity contribution in [2.75, 3.05) is 25.1 Å². The van der Waals surface area contributed by atoms with Crippen LogP contribution in [0.1, 0.15) is 37.8 Å². The van der Waals surface area contributed by atoms with Crippen LogP contribution in [0, 0.1) is 0 Å². The summed E-state index contributed by atoms with van der Waals surface area (Å²) < 4.78 is 5.36. The van der Waals surface area contributed by atoms with Gasteiger partial charge in [0, 0.05) is 30.8 Å². The summed E-state index contributed by atoms with van der Waals surface area (Å²) >= 11 is 1.82. The minimum atomic E-state index is 0. The van der Waals surface area contributed by atoms with E-state index in [1.165, 1.54) is 0 Å². The fourth-order valence-electron chi connectivity index (χ4n) is 1.89. The zero-order valence-electron chi connectivity index (χ0n) is 13.4. The van der Waals surface area contributed by atoms with Gasteiger partial charge in [0.2, 0.25) is 0 Å². The Kier molecular flexibility index (Phi) is 11.9. The summed E-state index contributed by atoms with van der Waals surface area (Å²) in [5, 5.41) is 10.7. The van der Waals surface area contributed by atoms with Crippen LogP contribution >= 0.6 is 35.7 Å². The topological polar surface area (TPSA) is 62.5 Å². The third-order valence-corrected chi connectivity index (χ3v) is 3.56. The van der Waals surface area contributed by atoms with Gasteiger partial charge in [-0.05, 0) is 19.6 Å². The van der Waals surface area contributed by atoms with Crippen molar-refractivity contribution in [2.24, 2.45) is 4.99 Å². The number of aryl methyl sites for hydroxylation is 2. The van der Waals surface area contributed by atoms with E-state index in [1.807, 2.05) is 11.8 Å². The van der Waals surface area contributed by atoms with Gasteiger partial charge in [-0.25, -0.2) is 4.99 Å². The molecule has 0 aliphatic rings. The molecule has 1 aromatic heterocycles. The number of rotatable bonds is 8. The number of nitrogens with one attached hydrogen (secondary N) is 2. The van der Waals surface area contributed by atoms with Crippen molar-refractivity contribution in [2.45, 2.75) is 40.2 Å². The smallest absolute Gasteiger partial charge is 0.191 e. The number of halogens is 1. The molecule has 0 aliphatic carbocycles. The summed E-state index contributed by atoms with van der Waals surface area (Å²) in [7, 11) is 0. The van der Waals surface area contributed by atoms with Gasteiger partial charge < -0.3 is 15.2 Å². The molecular weight excluding hydrogens is 399 g/mol. The molecule has 0 saturated carbocycles. The lowest BCUT2D eigenvalue weighted by Gasteiger charge is -2.10. The Hall–Kier alpha value is -0.440. The fourth-order valence-corrected chi connectivity index (χ4v) is 2.19.